The van der Waals surface area contributed by atoms with Crippen molar-refractivity contribution < 1.29 is 4.79 Å². The smallest absolute Gasteiger partial charge is 0.228 e. The van der Waals surface area contributed by atoms with Crippen LogP contribution in [0.5, 0.6) is 0 Å². The van der Waals surface area contributed by atoms with Crippen LogP contribution in [0.4, 0.5) is 5.69 Å². The SMILES string of the molecule is CC1C(N)CCC(C(=O)Nc2ccc(Cl)c(Br)c2)C1(C)C. The van der Waals surface area contributed by atoms with Crippen LogP contribution in [0, 0.1) is 17.3 Å². The molecule has 0 saturated heterocycles. The molecule has 1 aromatic rings. The van der Waals surface area contributed by atoms with Gasteiger partial charge in [0, 0.05) is 22.1 Å². The Morgan fingerprint density at radius 1 is 1.43 bits per heavy atom. The monoisotopic (exact) mass is 372 g/mol. The van der Waals surface area contributed by atoms with Crippen molar-refractivity contribution in [1.29, 1.82) is 0 Å². The van der Waals surface area contributed by atoms with Gasteiger partial charge in [0.25, 0.3) is 0 Å². The second-order valence-electron chi connectivity index (χ2n) is 6.52. The Balaban J connectivity index is 2.14. The van der Waals surface area contributed by atoms with E-state index < -0.39 is 0 Å². The fourth-order valence-electron chi connectivity index (χ4n) is 3.12. The van der Waals surface area contributed by atoms with Gasteiger partial charge in [-0.2, -0.15) is 0 Å². The summed E-state index contributed by atoms with van der Waals surface area (Å²) < 4.78 is 0.778. The molecular formula is C16H22BrClN2O. The van der Waals surface area contributed by atoms with Gasteiger partial charge in [0.1, 0.15) is 0 Å². The molecule has 21 heavy (non-hydrogen) atoms. The normalized spacial score (nSPS) is 28.2. The Morgan fingerprint density at radius 2 is 2.10 bits per heavy atom. The average Bonchev–Trinajstić information content (AvgIpc) is 2.40. The number of nitrogens with one attached hydrogen (secondary N) is 1. The van der Waals surface area contributed by atoms with Crippen molar-refractivity contribution in [2.75, 3.05) is 5.32 Å². The van der Waals surface area contributed by atoms with Crippen LogP contribution in [0.1, 0.15) is 33.6 Å². The molecule has 3 nitrogen and oxygen atoms in total. The van der Waals surface area contributed by atoms with E-state index in [0.717, 1.165) is 23.0 Å². The van der Waals surface area contributed by atoms with Crippen molar-refractivity contribution >= 4 is 39.1 Å². The van der Waals surface area contributed by atoms with Gasteiger partial charge in [0.2, 0.25) is 5.91 Å². The summed E-state index contributed by atoms with van der Waals surface area (Å²) in [4.78, 5) is 12.6. The number of hydrogen-bond donors (Lipinski definition) is 2. The summed E-state index contributed by atoms with van der Waals surface area (Å²) in [6.07, 6.45) is 1.73. The topological polar surface area (TPSA) is 55.1 Å². The molecule has 1 saturated carbocycles. The van der Waals surface area contributed by atoms with Crippen molar-refractivity contribution in [1.82, 2.24) is 0 Å². The summed E-state index contributed by atoms with van der Waals surface area (Å²) in [7, 11) is 0. The summed E-state index contributed by atoms with van der Waals surface area (Å²) in [6.45, 7) is 6.42. The van der Waals surface area contributed by atoms with E-state index in [2.05, 4.69) is 42.0 Å². The molecule has 2 rings (SSSR count). The summed E-state index contributed by atoms with van der Waals surface area (Å²) in [6, 6.07) is 5.58. The average molecular weight is 374 g/mol. The maximum atomic E-state index is 12.6. The fourth-order valence-corrected chi connectivity index (χ4v) is 3.62. The molecule has 0 aromatic heterocycles. The molecule has 1 amide bonds. The maximum Gasteiger partial charge on any atom is 0.228 e. The highest BCUT2D eigenvalue weighted by molar-refractivity contribution is 9.10. The third-order valence-electron chi connectivity index (χ3n) is 5.01. The predicted molar refractivity (Wildman–Crippen MR) is 91.4 cm³/mol. The van der Waals surface area contributed by atoms with E-state index in [0.29, 0.717) is 10.9 Å². The first kappa shape index (κ1) is 16.8. The number of halogens is 2. The zero-order chi connectivity index (χ0) is 15.8. The fraction of sp³-hybridized carbons (Fsp3) is 0.562. The molecule has 0 heterocycles. The molecule has 1 aliphatic carbocycles. The first-order valence-corrected chi connectivity index (χ1v) is 8.42. The molecule has 0 bridgehead atoms. The molecule has 1 aromatic carbocycles. The lowest BCUT2D eigenvalue weighted by molar-refractivity contribution is -0.127. The van der Waals surface area contributed by atoms with Crippen LogP contribution >= 0.6 is 27.5 Å². The van der Waals surface area contributed by atoms with Crippen molar-refractivity contribution in [3.8, 4) is 0 Å². The van der Waals surface area contributed by atoms with Crippen LogP contribution in [0.15, 0.2) is 22.7 Å². The molecular weight excluding hydrogens is 352 g/mol. The molecule has 0 radical (unpaired) electrons. The minimum atomic E-state index is -0.106. The van der Waals surface area contributed by atoms with Gasteiger partial charge in [0.05, 0.1) is 5.02 Å². The third-order valence-corrected chi connectivity index (χ3v) is 6.22. The number of nitrogens with two attached hydrogens (primary N) is 1. The molecule has 1 fully saturated rings. The number of anilines is 1. The van der Waals surface area contributed by atoms with Crippen LogP contribution in [0.3, 0.4) is 0 Å². The van der Waals surface area contributed by atoms with Crippen LogP contribution < -0.4 is 11.1 Å². The Hall–Kier alpha value is -0.580. The van der Waals surface area contributed by atoms with E-state index in [1.807, 2.05) is 12.1 Å². The second kappa shape index (κ2) is 6.27. The van der Waals surface area contributed by atoms with E-state index in [4.69, 9.17) is 17.3 Å². The van der Waals surface area contributed by atoms with Gasteiger partial charge < -0.3 is 11.1 Å². The summed E-state index contributed by atoms with van der Waals surface area (Å²) >= 11 is 9.34. The summed E-state index contributed by atoms with van der Waals surface area (Å²) in [5.74, 6) is 0.355. The van der Waals surface area contributed by atoms with Gasteiger partial charge in [-0.1, -0.05) is 32.4 Å². The number of carbonyl (C=O) groups excluding carboxylic acids is 1. The quantitative estimate of drug-likeness (QED) is 0.805. The predicted octanol–water partition coefficient (Wildman–Crippen LogP) is 4.44. The third kappa shape index (κ3) is 3.43. The van der Waals surface area contributed by atoms with E-state index in [1.54, 1.807) is 6.07 Å². The molecule has 0 aliphatic heterocycles. The lowest BCUT2D eigenvalue weighted by atomic mass is 9.61. The number of hydrogen-bond acceptors (Lipinski definition) is 2. The van der Waals surface area contributed by atoms with E-state index in [-0.39, 0.29) is 23.3 Å². The Labute approximate surface area is 139 Å². The number of amides is 1. The lowest BCUT2D eigenvalue weighted by Crippen LogP contribution is -2.50. The maximum absolute atomic E-state index is 12.6. The van der Waals surface area contributed by atoms with E-state index in [1.165, 1.54) is 0 Å². The number of rotatable bonds is 2. The van der Waals surface area contributed by atoms with Gasteiger partial charge >= 0.3 is 0 Å². The Morgan fingerprint density at radius 3 is 2.71 bits per heavy atom. The van der Waals surface area contributed by atoms with Crippen LogP contribution in [-0.2, 0) is 4.79 Å². The Kier molecular flexibility index (Phi) is 5.01. The number of carbonyl (C=O) groups is 1. The summed E-state index contributed by atoms with van der Waals surface area (Å²) in [5.41, 5.74) is 6.81. The van der Waals surface area contributed by atoms with E-state index in [9.17, 15) is 4.79 Å². The van der Waals surface area contributed by atoms with Crippen molar-refractivity contribution in [2.45, 2.75) is 39.7 Å². The highest BCUT2D eigenvalue weighted by atomic mass is 79.9. The second-order valence-corrected chi connectivity index (χ2v) is 7.78. The largest absolute Gasteiger partial charge is 0.327 e. The minimum absolute atomic E-state index is 0.0262. The van der Waals surface area contributed by atoms with Gasteiger partial charge in [-0.05, 0) is 58.3 Å². The molecule has 3 atom stereocenters. The molecule has 0 spiro atoms. The molecule has 116 valence electrons. The molecule has 3 N–H and O–H groups in total. The highest BCUT2D eigenvalue weighted by Crippen LogP contribution is 2.44. The molecule has 3 unspecified atom stereocenters. The van der Waals surface area contributed by atoms with Gasteiger partial charge in [-0.3, -0.25) is 4.79 Å². The first-order valence-electron chi connectivity index (χ1n) is 7.25. The molecule has 1 aliphatic rings. The van der Waals surface area contributed by atoms with Crippen molar-refractivity contribution in [2.24, 2.45) is 23.0 Å². The molecule has 5 heteroatoms. The zero-order valence-corrected chi connectivity index (χ0v) is 15.0. The standard InChI is InChI=1S/C16H22BrClN2O/c1-9-14(19)7-5-11(16(9,2)3)15(21)20-10-4-6-13(18)12(17)8-10/h4,6,8-9,11,14H,5,7,19H2,1-3H3,(H,20,21). The van der Waals surface area contributed by atoms with Gasteiger partial charge in [0.15, 0.2) is 0 Å². The van der Waals surface area contributed by atoms with Crippen molar-refractivity contribution in [3.05, 3.63) is 27.7 Å². The number of benzene rings is 1. The minimum Gasteiger partial charge on any atom is -0.327 e. The highest BCUT2D eigenvalue weighted by Gasteiger charge is 2.44. The summed E-state index contributed by atoms with van der Waals surface area (Å²) in [5, 5.41) is 3.63. The van der Waals surface area contributed by atoms with Crippen LogP contribution in [0.2, 0.25) is 5.02 Å². The van der Waals surface area contributed by atoms with Crippen molar-refractivity contribution in [3.63, 3.8) is 0 Å². The first-order chi connectivity index (χ1) is 9.73. The van der Waals surface area contributed by atoms with Gasteiger partial charge in [-0.15, -0.1) is 0 Å². The van der Waals surface area contributed by atoms with Crippen LogP contribution in [0.25, 0.3) is 0 Å². The lowest BCUT2D eigenvalue weighted by Gasteiger charge is -2.46. The van der Waals surface area contributed by atoms with Crippen LogP contribution in [-0.4, -0.2) is 11.9 Å². The van der Waals surface area contributed by atoms with E-state index >= 15 is 0 Å². The van der Waals surface area contributed by atoms with Gasteiger partial charge in [-0.25, -0.2) is 0 Å². The Bertz CT molecular complexity index is 547. The zero-order valence-electron chi connectivity index (χ0n) is 12.6.